The van der Waals surface area contributed by atoms with Gasteiger partial charge in [0.05, 0.1) is 22.9 Å². The Morgan fingerprint density at radius 1 is 1.26 bits per heavy atom. The van der Waals surface area contributed by atoms with E-state index in [9.17, 15) is 9.18 Å². The highest BCUT2D eigenvalue weighted by Gasteiger charge is 2.27. The van der Waals surface area contributed by atoms with Gasteiger partial charge >= 0.3 is 0 Å². The average molecular weight is 455 g/mol. The van der Waals surface area contributed by atoms with Gasteiger partial charge in [0.1, 0.15) is 10.6 Å². The van der Waals surface area contributed by atoms with Crippen LogP contribution in [-0.4, -0.2) is 32.5 Å². The lowest BCUT2D eigenvalue weighted by Gasteiger charge is -2.30. The number of thiazole rings is 1. The zero-order valence-electron chi connectivity index (χ0n) is 17.3. The molecule has 0 amide bonds. The third kappa shape index (κ3) is 4.20. The molecule has 0 bridgehead atoms. The van der Waals surface area contributed by atoms with Crippen molar-refractivity contribution in [3.63, 3.8) is 0 Å². The summed E-state index contributed by atoms with van der Waals surface area (Å²) in [5.41, 5.74) is 5.22. The van der Waals surface area contributed by atoms with Gasteiger partial charge in [-0.25, -0.2) is 14.4 Å². The van der Waals surface area contributed by atoms with Gasteiger partial charge in [0.2, 0.25) is 0 Å². The number of halogens is 1. The summed E-state index contributed by atoms with van der Waals surface area (Å²) in [6.07, 6.45) is 5.21. The minimum Gasteiger partial charge on any atom is -0.298 e. The van der Waals surface area contributed by atoms with E-state index in [0.29, 0.717) is 19.0 Å². The fourth-order valence-corrected chi connectivity index (χ4v) is 6.12. The first-order valence-electron chi connectivity index (χ1n) is 10.4. The van der Waals surface area contributed by atoms with Crippen molar-refractivity contribution >= 4 is 32.9 Å². The Balaban J connectivity index is 1.35. The van der Waals surface area contributed by atoms with Crippen LogP contribution in [0.5, 0.6) is 0 Å². The smallest absolute Gasteiger partial charge is 0.262 e. The van der Waals surface area contributed by atoms with Gasteiger partial charge in [0, 0.05) is 29.4 Å². The number of hydrogen-bond acceptors (Lipinski definition) is 6. The van der Waals surface area contributed by atoms with E-state index in [4.69, 9.17) is 0 Å². The Morgan fingerprint density at radius 2 is 2.10 bits per heavy atom. The Morgan fingerprint density at radius 3 is 2.87 bits per heavy atom. The van der Waals surface area contributed by atoms with E-state index in [2.05, 4.69) is 27.3 Å². The maximum absolute atomic E-state index is 13.2. The van der Waals surface area contributed by atoms with Gasteiger partial charge in [-0.1, -0.05) is 12.1 Å². The summed E-state index contributed by atoms with van der Waals surface area (Å²) >= 11 is 3.29. The van der Waals surface area contributed by atoms with Crippen LogP contribution in [0.3, 0.4) is 0 Å². The molecule has 0 saturated heterocycles. The van der Waals surface area contributed by atoms with E-state index >= 15 is 0 Å². The lowest BCUT2D eigenvalue weighted by atomic mass is 9.92. The number of likely N-dealkylation sites (N-methyl/N-ethyl adjacent to an activating group) is 1. The first-order chi connectivity index (χ1) is 15.1. The highest BCUT2D eigenvalue weighted by Crippen LogP contribution is 2.35. The van der Waals surface area contributed by atoms with Gasteiger partial charge in [0.15, 0.2) is 0 Å². The largest absolute Gasteiger partial charge is 0.298 e. The lowest BCUT2D eigenvalue weighted by molar-refractivity contribution is 0.213. The maximum atomic E-state index is 13.2. The monoisotopic (exact) mass is 454 g/mol. The average Bonchev–Trinajstić information content (AvgIpc) is 3.41. The van der Waals surface area contributed by atoms with Gasteiger partial charge in [-0.3, -0.25) is 14.3 Å². The molecule has 5 nitrogen and oxygen atoms in total. The molecule has 8 heteroatoms. The number of benzene rings is 1. The van der Waals surface area contributed by atoms with E-state index in [-0.39, 0.29) is 11.4 Å². The van der Waals surface area contributed by atoms with Crippen LogP contribution in [0.15, 0.2) is 46.3 Å². The molecular formula is C23H23FN4OS2. The number of hydrogen-bond donors (Lipinski definition) is 0. The third-order valence-electron chi connectivity index (χ3n) is 6.08. The van der Waals surface area contributed by atoms with E-state index in [0.717, 1.165) is 47.3 Å². The number of nitrogens with zero attached hydrogens (tertiary/aromatic N) is 4. The van der Waals surface area contributed by atoms with Crippen molar-refractivity contribution in [1.82, 2.24) is 19.4 Å². The lowest BCUT2D eigenvalue weighted by Crippen LogP contribution is -2.35. The van der Waals surface area contributed by atoms with Gasteiger partial charge in [-0.2, -0.15) is 0 Å². The predicted octanol–water partition coefficient (Wildman–Crippen LogP) is 4.29. The van der Waals surface area contributed by atoms with Crippen LogP contribution in [0.4, 0.5) is 4.39 Å². The summed E-state index contributed by atoms with van der Waals surface area (Å²) in [5, 5.41) is 2.89. The summed E-state index contributed by atoms with van der Waals surface area (Å²) in [7, 11) is 2.16. The normalized spacial score (nSPS) is 16.2. The van der Waals surface area contributed by atoms with Crippen LogP contribution in [0.1, 0.15) is 28.1 Å². The molecule has 5 rings (SSSR count). The quantitative estimate of drug-likeness (QED) is 0.436. The summed E-state index contributed by atoms with van der Waals surface area (Å²) < 4.78 is 14.8. The fraction of sp³-hybridized carbons (Fsp3) is 0.348. The molecule has 1 unspecified atom stereocenters. The first-order valence-corrected chi connectivity index (χ1v) is 12.2. The number of aromatic nitrogens is 3. The Labute approximate surface area is 187 Å². The molecule has 0 radical (unpaired) electrons. The standard InChI is InChI=1S/C23H23FN4OS2/c1-27(11-17-12-30-14-26-17)18-6-7-19-20(10-18)31-22-21(19)23(29)28(13-25-22)9-8-15-2-4-16(24)5-3-15/h2-5,12-14,18H,6-11H2,1H3. The minimum atomic E-state index is -0.246. The molecule has 1 atom stereocenters. The SMILES string of the molecule is CN(Cc1cscn1)C1CCc2c(sc3ncn(CCc4ccc(F)cc4)c(=O)c23)C1. The van der Waals surface area contributed by atoms with E-state index < -0.39 is 0 Å². The molecule has 160 valence electrons. The van der Waals surface area contributed by atoms with Crippen molar-refractivity contribution < 1.29 is 4.39 Å². The fourth-order valence-electron chi connectivity index (χ4n) is 4.32. The second-order valence-electron chi connectivity index (χ2n) is 8.10. The van der Waals surface area contributed by atoms with E-state index in [1.54, 1.807) is 45.7 Å². The van der Waals surface area contributed by atoms with Gasteiger partial charge < -0.3 is 0 Å². The first kappa shape index (κ1) is 20.5. The highest BCUT2D eigenvalue weighted by atomic mass is 32.1. The maximum Gasteiger partial charge on any atom is 0.262 e. The summed E-state index contributed by atoms with van der Waals surface area (Å²) in [5.74, 6) is -0.246. The molecule has 0 aliphatic heterocycles. The zero-order valence-corrected chi connectivity index (χ0v) is 18.9. The van der Waals surface area contributed by atoms with Crippen LogP contribution < -0.4 is 5.56 Å². The third-order valence-corrected chi connectivity index (χ3v) is 7.88. The zero-order chi connectivity index (χ0) is 21.4. The molecule has 1 aliphatic carbocycles. The molecule has 0 fully saturated rings. The Bertz CT molecular complexity index is 1250. The van der Waals surface area contributed by atoms with Crippen molar-refractivity contribution in [2.24, 2.45) is 0 Å². The van der Waals surface area contributed by atoms with E-state index in [1.165, 1.54) is 22.6 Å². The number of thiophene rings is 1. The molecule has 3 heterocycles. The highest BCUT2D eigenvalue weighted by molar-refractivity contribution is 7.18. The van der Waals surface area contributed by atoms with Crippen LogP contribution in [-0.2, 0) is 32.4 Å². The van der Waals surface area contributed by atoms with E-state index in [1.807, 2.05) is 5.51 Å². The Kier molecular flexibility index (Phi) is 5.69. The van der Waals surface area contributed by atoms with Gasteiger partial charge in [-0.15, -0.1) is 22.7 Å². The van der Waals surface area contributed by atoms with Gasteiger partial charge in [-0.05, 0) is 56.0 Å². The number of aryl methyl sites for hydroxylation is 3. The summed E-state index contributed by atoms with van der Waals surface area (Å²) in [6, 6.07) is 6.89. The van der Waals surface area contributed by atoms with Crippen LogP contribution >= 0.6 is 22.7 Å². The number of fused-ring (bicyclic) bond motifs is 3. The molecule has 1 aliphatic rings. The number of rotatable bonds is 6. The molecule has 0 N–H and O–H groups in total. The van der Waals surface area contributed by atoms with Crippen molar-refractivity contribution in [1.29, 1.82) is 0 Å². The summed E-state index contributed by atoms with van der Waals surface area (Å²) in [4.78, 5) is 26.7. The molecular weight excluding hydrogens is 431 g/mol. The van der Waals surface area contributed by atoms with Gasteiger partial charge in [0.25, 0.3) is 5.56 Å². The topological polar surface area (TPSA) is 51.0 Å². The second kappa shape index (κ2) is 8.61. The van der Waals surface area contributed by atoms with Crippen LogP contribution in [0.25, 0.3) is 10.2 Å². The van der Waals surface area contributed by atoms with Crippen molar-refractivity contribution in [2.45, 2.75) is 44.8 Å². The Hall–Kier alpha value is -2.42. The molecule has 1 aromatic carbocycles. The van der Waals surface area contributed by atoms with Crippen LogP contribution in [0, 0.1) is 5.82 Å². The van der Waals surface area contributed by atoms with Crippen LogP contribution in [0.2, 0.25) is 0 Å². The molecule has 31 heavy (non-hydrogen) atoms. The molecule has 0 spiro atoms. The second-order valence-corrected chi connectivity index (χ2v) is 9.90. The molecule has 4 aromatic rings. The summed E-state index contributed by atoms with van der Waals surface area (Å²) in [6.45, 7) is 1.39. The van der Waals surface area contributed by atoms with Crippen molar-refractivity contribution in [3.8, 4) is 0 Å². The minimum absolute atomic E-state index is 0.0406. The van der Waals surface area contributed by atoms with Crippen molar-refractivity contribution in [2.75, 3.05) is 7.05 Å². The van der Waals surface area contributed by atoms with Crippen molar-refractivity contribution in [3.05, 3.63) is 79.4 Å². The predicted molar refractivity (Wildman–Crippen MR) is 123 cm³/mol. The molecule has 3 aromatic heterocycles. The molecule has 0 saturated carbocycles.